The zero-order valence-corrected chi connectivity index (χ0v) is 75.8. The highest BCUT2D eigenvalue weighted by Crippen LogP contribution is 2.55. The lowest BCUT2D eigenvalue weighted by Gasteiger charge is -2.14. The second-order valence-electron chi connectivity index (χ2n) is 40.2. The minimum atomic E-state index is 1.11. The van der Waals surface area contributed by atoms with E-state index in [0.29, 0.717) is 0 Å². The van der Waals surface area contributed by atoms with Crippen molar-refractivity contribution in [1.29, 1.82) is 0 Å². The van der Waals surface area contributed by atoms with Gasteiger partial charge in [-0.25, -0.2) is 0 Å². The number of benzene rings is 11. The molecule has 0 N–H and O–H groups in total. The molecule has 0 nitrogen and oxygen atoms in total. The first kappa shape index (κ1) is 79.0. The van der Waals surface area contributed by atoms with Gasteiger partial charge in [-0.05, 0) is 450 Å². The summed E-state index contributed by atoms with van der Waals surface area (Å²) < 4.78 is 0. The van der Waals surface area contributed by atoms with E-state index in [1.54, 1.807) is 150 Å². The predicted octanol–water partition coefficient (Wildman–Crippen LogP) is 33.4. The third-order valence-electron chi connectivity index (χ3n) is 32.8. The van der Waals surface area contributed by atoms with Crippen LogP contribution >= 0.6 is 0 Å². The van der Waals surface area contributed by atoms with Crippen molar-refractivity contribution in [1.82, 2.24) is 0 Å². The van der Waals surface area contributed by atoms with Crippen molar-refractivity contribution < 1.29 is 0 Å². The maximum absolute atomic E-state index is 2.49. The molecule has 0 atom stereocenters. The number of hydrogen-bond acceptors (Lipinski definition) is 0. The Morgan fingerprint density at radius 2 is 0.458 bits per heavy atom. The van der Waals surface area contributed by atoms with Gasteiger partial charge in [0.05, 0.1) is 0 Å². The molecule has 0 spiro atoms. The van der Waals surface area contributed by atoms with E-state index in [0.717, 1.165) is 12.8 Å². The Morgan fingerprint density at radius 3 is 0.954 bits per heavy atom. The van der Waals surface area contributed by atoms with Crippen LogP contribution in [0.4, 0.5) is 0 Å². The van der Waals surface area contributed by atoms with Crippen LogP contribution in [0.25, 0.3) is 99.2 Å². The Morgan fingerprint density at radius 1 is 0.153 bits per heavy atom. The summed E-state index contributed by atoms with van der Waals surface area (Å²) in [6.45, 7) is 0. The summed E-state index contributed by atoms with van der Waals surface area (Å²) in [5, 5.41) is 8.04. The summed E-state index contributed by atoms with van der Waals surface area (Å²) in [6.07, 6.45) is 84.8. The molecule has 636 valence electrons. The fourth-order valence-electron chi connectivity index (χ4n) is 26.7. The van der Waals surface area contributed by atoms with Gasteiger partial charge >= 0.3 is 0 Å². The third kappa shape index (κ3) is 13.8. The molecule has 0 radical (unpaired) electrons. The van der Waals surface area contributed by atoms with E-state index in [9.17, 15) is 0 Å². The van der Waals surface area contributed by atoms with Crippen LogP contribution in [0, 0.1) is 0 Å². The average molecular weight is 1690 g/mol. The topological polar surface area (TPSA) is 0 Å². The first-order chi connectivity index (χ1) is 64.9. The van der Waals surface area contributed by atoms with Gasteiger partial charge in [-0.3, -0.25) is 0 Å². The number of allylic oxidation sites excluding steroid dienone is 40. The van der Waals surface area contributed by atoms with Gasteiger partial charge in [0.25, 0.3) is 0 Å². The summed E-state index contributed by atoms with van der Waals surface area (Å²) in [7, 11) is 0. The second-order valence-corrected chi connectivity index (χ2v) is 40.2. The SMILES string of the molecule is C1=CC2=C(CC1)Cc1c2ccc2c1C1=C(C=CCC1)C2.C1=CC2=C(CC1)Cc1c2ccc2c1CC1=C2CCC=C1.C1=CC2=C(CC1)Cc1cc3c(cc12)-c1ccccc1C3.C1=CC2=C(CC1)Cc1cc3c(cc12)CC1=C3C=CCC1.C1=CC2=C(CC1)Cc1ccc3c(c12)C1=C(CCC=C1)C3.C1=CC2=C(CC1)Cc1ccccc12.c1ccc2c(c1)c1ccccc1c1ccccc21. The molecule has 11 aromatic rings. The number of hydrogen-bond donors (Lipinski definition) is 0. The normalized spacial score (nSPS) is 19.6. The smallest absolute Gasteiger partial charge is 0.00133 e. The lowest BCUT2D eigenvalue weighted by molar-refractivity contribution is 0.930. The van der Waals surface area contributed by atoms with Gasteiger partial charge < -0.3 is 0 Å². The minimum Gasteiger partial charge on any atom is -0.0839 e. The van der Waals surface area contributed by atoms with Crippen LogP contribution in [0.3, 0.4) is 0 Å². The zero-order chi connectivity index (χ0) is 86.1. The van der Waals surface area contributed by atoms with E-state index < -0.39 is 0 Å². The first-order valence-corrected chi connectivity index (χ1v) is 50.0. The molecule has 0 fully saturated rings. The maximum Gasteiger partial charge on any atom is -0.00133 e. The lowest BCUT2D eigenvalue weighted by Crippen LogP contribution is -1.96. The van der Waals surface area contributed by atoms with Gasteiger partial charge in [0.1, 0.15) is 0 Å². The molecule has 0 saturated heterocycles. The molecule has 21 aliphatic carbocycles. The molecular formula is C131H112. The maximum atomic E-state index is 2.49. The highest BCUT2D eigenvalue weighted by atomic mass is 14.4. The van der Waals surface area contributed by atoms with Crippen LogP contribution in [-0.4, -0.2) is 0 Å². The largest absolute Gasteiger partial charge is 0.0839 e. The predicted molar refractivity (Wildman–Crippen MR) is 556 cm³/mol. The molecule has 32 rings (SSSR count). The quantitative estimate of drug-likeness (QED) is 0.133. The van der Waals surface area contributed by atoms with Crippen molar-refractivity contribution in [2.45, 2.75) is 199 Å². The highest BCUT2D eigenvalue weighted by Gasteiger charge is 2.37. The highest BCUT2D eigenvalue weighted by molar-refractivity contribution is 6.25. The van der Waals surface area contributed by atoms with E-state index in [1.165, 1.54) is 313 Å². The van der Waals surface area contributed by atoms with Crippen LogP contribution in [0.1, 0.15) is 251 Å². The number of fused-ring (bicyclic) bond motifs is 32. The Balaban J connectivity index is 0.0000000805. The van der Waals surface area contributed by atoms with Gasteiger partial charge in [0.2, 0.25) is 0 Å². The summed E-state index contributed by atoms with van der Waals surface area (Å²) in [5.74, 6) is 0. The van der Waals surface area contributed by atoms with Gasteiger partial charge in [-0.1, -0.05) is 330 Å². The first-order valence-electron chi connectivity index (χ1n) is 50.0. The van der Waals surface area contributed by atoms with Crippen LogP contribution in [-0.2, 0) is 70.6 Å². The van der Waals surface area contributed by atoms with E-state index in [1.807, 2.05) is 0 Å². The summed E-state index contributed by atoms with van der Waals surface area (Å²) in [4.78, 5) is 0. The monoisotopic (exact) mass is 1680 g/mol. The zero-order valence-electron chi connectivity index (χ0n) is 75.8. The van der Waals surface area contributed by atoms with Crippen molar-refractivity contribution >= 4 is 88.0 Å². The van der Waals surface area contributed by atoms with E-state index >= 15 is 0 Å². The molecule has 0 bridgehead atoms. The summed E-state index contributed by atoms with van der Waals surface area (Å²) >= 11 is 0. The van der Waals surface area contributed by atoms with Crippen molar-refractivity contribution in [2.24, 2.45) is 0 Å². The molecule has 0 aromatic heterocycles. The fourth-order valence-corrected chi connectivity index (χ4v) is 26.7. The molecule has 0 heterocycles. The van der Waals surface area contributed by atoms with Crippen LogP contribution < -0.4 is 0 Å². The molecule has 0 aliphatic heterocycles. The molecule has 11 aromatic carbocycles. The third-order valence-corrected chi connectivity index (χ3v) is 32.8. The van der Waals surface area contributed by atoms with E-state index in [2.05, 4.69) is 304 Å². The van der Waals surface area contributed by atoms with E-state index in [4.69, 9.17) is 0 Å². The van der Waals surface area contributed by atoms with Gasteiger partial charge in [0.15, 0.2) is 0 Å². The minimum absolute atomic E-state index is 1.11. The Kier molecular flexibility index (Phi) is 20.0. The Bertz CT molecular complexity index is 7230. The van der Waals surface area contributed by atoms with Crippen molar-refractivity contribution in [3.05, 3.63) is 482 Å². The Labute approximate surface area is 774 Å². The molecule has 0 heteroatoms. The average Bonchev–Trinajstić information content (AvgIpc) is 1.32. The van der Waals surface area contributed by atoms with Crippen molar-refractivity contribution in [3.8, 4) is 11.1 Å². The standard InChI is InChI=1S/2C20H18.C20H16.2C20H18.C18H12.C13H12/c1-3-7-16-14(6-1)12-19-18(16)10-9-15-11-13-5-2-4-8-17(13)20(15)19;1-3-7-17-13(5-1)9-15-11-20-16(12-19(15)17)10-14-6-2-4-8-18(14)20;1-3-7-17-13(5-1)9-15-11-16-10-14-6-2-4-8-18(14)20(16)12-19(15)17;1-3-7-17-13(5-1)11-15-9-10-16-12-14-6-2-4-8-18(14)20(16)19(15)17;1-3-7-15-13(5-1)11-19-17(15)9-10-18-16-8-4-2-6-14(16)12-20(18)19;1-2-8-14-13(7-1)15-9-3-4-11-17(15)18-12-6-5-10-16(14)18;1-3-7-12-10(5-1)9-11-6-2-4-8-13(11)12/h2-3,5,7,9-10H,1,4,6,8,11-12H2;3-4,7-8,11-12H,1-2,5-6,9-10H2;1,3-5,7-8,11-12H,2,6,9-10H2;3-4,7-10H,1-2,5-6,11-12H2;1,4-5,8-10H,2-3,6-7,11-12H2;1-12H;1,3-5,7-8H,2,6,9H2. The van der Waals surface area contributed by atoms with Gasteiger partial charge in [-0.2, -0.15) is 0 Å². The summed E-state index contributed by atoms with van der Waals surface area (Å²) in [6, 6.07) is 67.8. The number of rotatable bonds is 0. The summed E-state index contributed by atoms with van der Waals surface area (Å²) in [5.41, 5.74) is 69.2. The molecule has 21 aliphatic rings. The van der Waals surface area contributed by atoms with Crippen LogP contribution in [0.15, 0.2) is 359 Å². The molecule has 131 heavy (non-hydrogen) atoms. The molecule has 0 saturated carbocycles. The Hall–Kier alpha value is -13.0. The van der Waals surface area contributed by atoms with Crippen LogP contribution in [0.5, 0.6) is 0 Å². The second kappa shape index (κ2) is 33.1. The van der Waals surface area contributed by atoms with Crippen molar-refractivity contribution in [3.63, 3.8) is 0 Å². The van der Waals surface area contributed by atoms with E-state index in [-0.39, 0.29) is 0 Å². The fraction of sp³-hybridized carbons (Fsp3) is 0.237. The van der Waals surface area contributed by atoms with Gasteiger partial charge in [0, 0.05) is 0 Å². The van der Waals surface area contributed by atoms with Gasteiger partial charge in [-0.15, -0.1) is 0 Å². The van der Waals surface area contributed by atoms with Crippen LogP contribution in [0.2, 0.25) is 0 Å². The molecule has 0 unspecified atom stereocenters. The van der Waals surface area contributed by atoms with Crippen molar-refractivity contribution in [2.75, 3.05) is 0 Å². The lowest BCUT2D eigenvalue weighted by atomic mass is 9.90. The molecule has 0 amide bonds. The molecular weight excluding hydrogens is 1570 g/mol.